The monoisotopic (exact) mass is 359 g/mol. The number of benzene rings is 1. The van der Waals surface area contributed by atoms with Gasteiger partial charge in [0.1, 0.15) is 16.2 Å². The van der Waals surface area contributed by atoms with E-state index in [1.54, 1.807) is 0 Å². The molecule has 3 heterocycles. The van der Waals surface area contributed by atoms with Crippen LogP contribution < -0.4 is 0 Å². The second-order valence-corrected chi connectivity index (χ2v) is 7.73. The Hall–Kier alpha value is -1.86. The number of nitrogens with zero attached hydrogens (tertiary/aromatic N) is 3. The van der Waals surface area contributed by atoms with Crippen LogP contribution in [0.15, 0.2) is 33.2 Å². The first kappa shape index (κ1) is 15.7. The van der Waals surface area contributed by atoms with Gasteiger partial charge in [0.05, 0.1) is 5.75 Å². The highest BCUT2D eigenvalue weighted by Crippen LogP contribution is 2.28. The molecule has 0 bridgehead atoms. The molecule has 2 aromatic heterocycles. The number of carbonyl (C=O) groups excluding carboxylic acids is 1. The summed E-state index contributed by atoms with van der Waals surface area (Å²) >= 11 is 3.02. The molecule has 1 saturated heterocycles. The molecule has 0 spiro atoms. The number of amides is 1. The smallest absolute Gasteiger partial charge is 0.273 e. The van der Waals surface area contributed by atoms with Crippen LogP contribution in [0.2, 0.25) is 0 Å². The Morgan fingerprint density at radius 1 is 1.33 bits per heavy atom. The van der Waals surface area contributed by atoms with Crippen molar-refractivity contribution in [3.8, 4) is 0 Å². The van der Waals surface area contributed by atoms with Crippen LogP contribution in [0.1, 0.15) is 33.9 Å². The summed E-state index contributed by atoms with van der Waals surface area (Å²) < 4.78 is 5.73. The van der Waals surface area contributed by atoms with Gasteiger partial charge in [0.25, 0.3) is 11.1 Å². The number of thiazole rings is 1. The van der Waals surface area contributed by atoms with Gasteiger partial charge in [-0.15, -0.1) is 11.3 Å². The lowest BCUT2D eigenvalue weighted by atomic mass is 10.2. The van der Waals surface area contributed by atoms with Crippen molar-refractivity contribution in [3.05, 3.63) is 39.8 Å². The van der Waals surface area contributed by atoms with E-state index >= 15 is 0 Å². The Kier molecular flexibility index (Phi) is 4.28. The SMILES string of the molecule is Cc1ccc2oc(SCc3nc(C(=O)N4CCCC4)cs3)nc2c1. The highest BCUT2D eigenvalue weighted by Gasteiger charge is 2.21. The van der Waals surface area contributed by atoms with E-state index in [0.717, 1.165) is 47.6 Å². The Morgan fingerprint density at radius 2 is 2.17 bits per heavy atom. The topological polar surface area (TPSA) is 59.2 Å². The summed E-state index contributed by atoms with van der Waals surface area (Å²) in [6.07, 6.45) is 2.19. The minimum absolute atomic E-state index is 0.0531. The van der Waals surface area contributed by atoms with E-state index in [-0.39, 0.29) is 5.91 Å². The zero-order valence-electron chi connectivity index (χ0n) is 13.3. The van der Waals surface area contributed by atoms with Gasteiger partial charge in [0, 0.05) is 18.5 Å². The lowest BCUT2D eigenvalue weighted by molar-refractivity contribution is 0.0787. The van der Waals surface area contributed by atoms with Crippen molar-refractivity contribution in [3.63, 3.8) is 0 Å². The highest BCUT2D eigenvalue weighted by molar-refractivity contribution is 7.98. The number of fused-ring (bicyclic) bond motifs is 1. The molecule has 0 N–H and O–H groups in total. The number of thioether (sulfide) groups is 1. The van der Waals surface area contributed by atoms with Crippen molar-refractivity contribution in [2.75, 3.05) is 13.1 Å². The number of likely N-dealkylation sites (tertiary alicyclic amines) is 1. The van der Waals surface area contributed by atoms with Crippen LogP contribution in [0.25, 0.3) is 11.1 Å². The van der Waals surface area contributed by atoms with Crippen molar-refractivity contribution in [2.24, 2.45) is 0 Å². The maximum atomic E-state index is 12.3. The van der Waals surface area contributed by atoms with Crippen LogP contribution in [-0.4, -0.2) is 33.9 Å². The van der Waals surface area contributed by atoms with Crippen molar-refractivity contribution in [1.82, 2.24) is 14.9 Å². The third kappa shape index (κ3) is 3.18. The first-order valence-electron chi connectivity index (χ1n) is 7.93. The fraction of sp³-hybridized carbons (Fsp3) is 0.353. The van der Waals surface area contributed by atoms with Crippen molar-refractivity contribution < 1.29 is 9.21 Å². The molecule has 0 saturated carbocycles. The van der Waals surface area contributed by atoms with Crippen LogP contribution >= 0.6 is 23.1 Å². The highest BCUT2D eigenvalue weighted by atomic mass is 32.2. The normalized spacial score (nSPS) is 14.6. The van der Waals surface area contributed by atoms with Crippen LogP contribution in [0.5, 0.6) is 0 Å². The van der Waals surface area contributed by atoms with Gasteiger partial charge in [-0.3, -0.25) is 4.79 Å². The Balaban J connectivity index is 1.42. The summed E-state index contributed by atoms with van der Waals surface area (Å²) in [5.41, 5.74) is 3.40. The van der Waals surface area contributed by atoms with Gasteiger partial charge >= 0.3 is 0 Å². The van der Waals surface area contributed by atoms with Crippen molar-refractivity contribution in [1.29, 1.82) is 0 Å². The average molecular weight is 359 g/mol. The summed E-state index contributed by atoms with van der Waals surface area (Å²) in [5.74, 6) is 0.710. The number of hydrogen-bond donors (Lipinski definition) is 0. The predicted molar refractivity (Wildman–Crippen MR) is 95.6 cm³/mol. The van der Waals surface area contributed by atoms with E-state index in [1.807, 2.05) is 35.4 Å². The van der Waals surface area contributed by atoms with Crippen LogP contribution in [0, 0.1) is 6.92 Å². The standard InChI is InChI=1S/C17H17N3O2S2/c1-11-4-5-14-12(8-11)19-17(22-14)24-10-15-18-13(9-23-15)16(21)20-6-2-3-7-20/h4-5,8-9H,2-3,6-7,10H2,1H3. The Bertz CT molecular complexity index is 881. The third-order valence-electron chi connectivity index (χ3n) is 4.01. The molecular weight excluding hydrogens is 342 g/mol. The van der Waals surface area contributed by atoms with Gasteiger partial charge in [-0.25, -0.2) is 9.97 Å². The summed E-state index contributed by atoms with van der Waals surface area (Å²) in [6.45, 7) is 3.74. The summed E-state index contributed by atoms with van der Waals surface area (Å²) in [7, 11) is 0. The van der Waals surface area contributed by atoms with Crippen molar-refractivity contribution in [2.45, 2.75) is 30.7 Å². The minimum Gasteiger partial charge on any atom is -0.431 e. The molecule has 124 valence electrons. The molecule has 0 atom stereocenters. The molecule has 4 rings (SSSR count). The largest absolute Gasteiger partial charge is 0.431 e. The first-order chi connectivity index (χ1) is 11.7. The molecule has 0 aliphatic carbocycles. The van der Waals surface area contributed by atoms with E-state index < -0.39 is 0 Å². The molecule has 1 amide bonds. The lowest BCUT2D eigenvalue weighted by Crippen LogP contribution is -2.27. The number of aromatic nitrogens is 2. The molecule has 1 fully saturated rings. The maximum Gasteiger partial charge on any atom is 0.273 e. The average Bonchev–Trinajstić information content (AvgIpc) is 3.31. The molecule has 7 heteroatoms. The van der Waals surface area contributed by atoms with Crippen LogP contribution in [0.4, 0.5) is 0 Å². The Morgan fingerprint density at radius 3 is 3.00 bits per heavy atom. The molecule has 0 unspecified atom stereocenters. The minimum atomic E-state index is 0.0531. The Labute approximate surface area is 148 Å². The number of carbonyl (C=O) groups is 1. The molecule has 1 aliphatic rings. The summed E-state index contributed by atoms with van der Waals surface area (Å²) in [5, 5.41) is 3.41. The fourth-order valence-electron chi connectivity index (χ4n) is 2.76. The summed E-state index contributed by atoms with van der Waals surface area (Å²) in [6, 6.07) is 5.97. The second kappa shape index (κ2) is 6.57. The number of aryl methyl sites for hydroxylation is 1. The zero-order chi connectivity index (χ0) is 16.5. The van der Waals surface area contributed by atoms with E-state index in [0.29, 0.717) is 16.7 Å². The quantitative estimate of drug-likeness (QED) is 0.656. The van der Waals surface area contributed by atoms with Crippen molar-refractivity contribution >= 4 is 40.1 Å². The van der Waals surface area contributed by atoms with Gasteiger partial charge in [-0.05, 0) is 37.5 Å². The number of oxazole rings is 1. The molecule has 0 radical (unpaired) electrons. The molecule has 5 nitrogen and oxygen atoms in total. The van der Waals surface area contributed by atoms with Gasteiger partial charge < -0.3 is 9.32 Å². The molecule has 1 aliphatic heterocycles. The zero-order valence-corrected chi connectivity index (χ0v) is 15.0. The number of rotatable bonds is 4. The second-order valence-electron chi connectivity index (χ2n) is 5.87. The molecule has 3 aromatic rings. The lowest BCUT2D eigenvalue weighted by Gasteiger charge is -2.12. The van der Waals surface area contributed by atoms with Gasteiger partial charge in [-0.1, -0.05) is 17.8 Å². The van der Waals surface area contributed by atoms with E-state index in [2.05, 4.69) is 9.97 Å². The van der Waals surface area contributed by atoms with Gasteiger partial charge in [0.2, 0.25) is 0 Å². The van der Waals surface area contributed by atoms with Gasteiger partial charge in [-0.2, -0.15) is 0 Å². The summed E-state index contributed by atoms with van der Waals surface area (Å²) in [4.78, 5) is 23.2. The third-order valence-corrected chi connectivity index (χ3v) is 5.88. The first-order valence-corrected chi connectivity index (χ1v) is 9.79. The fourth-order valence-corrected chi connectivity index (χ4v) is 4.38. The molecule has 1 aromatic carbocycles. The maximum absolute atomic E-state index is 12.3. The van der Waals surface area contributed by atoms with Crippen LogP contribution in [0.3, 0.4) is 0 Å². The molecular formula is C17H17N3O2S2. The predicted octanol–water partition coefficient (Wildman–Crippen LogP) is 4.12. The van der Waals surface area contributed by atoms with E-state index in [1.165, 1.54) is 23.1 Å². The number of hydrogen-bond acceptors (Lipinski definition) is 6. The van der Waals surface area contributed by atoms with Gasteiger partial charge in [0.15, 0.2) is 5.58 Å². The van der Waals surface area contributed by atoms with E-state index in [4.69, 9.17) is 4.42 Å². The van der Waals surface area contributed by atoms with Crippen LogP contribution in [-0.2, 0) is 5.75 Å². The van der Waals surface area contributed by atoms with E-state index in [9.17, 15) is 4.79 Å². The molecule has 24 heavy (non-hydrogen) atoms.